The molecule has 0 fully saturated rings. The van der Waals surface area contributed by atoms with Crippen LogP contribution >= 0.6 is 67.5 Å². The summed E-state index contributed by atoms with van der Waals surface area (Å²) in [5.74, 6) is 0. The van der Waals surface area contributed by atoms with E-state index in [1.165, 1.54) is 0 Å². The molecule has 0 N–H and O–H groups in total. The summed E-state index contributed by atoms with van der Waals surface area (Å²) in [6.45, 7) is 0. The molecule has 0 saturated carbocycles. The van der Waals surface area contributed by atoms with E-state index in [0.29, 0.717) is 0 Å². The first-order valence-corrected chi connectivity index (χ1v) is 0. The summed E-state index contributed by atoms with van der Waals surface area (Å²) in [4.78, 5) is 0. The van der Waals surface area contributed by atoms with E-state index in [9.17, 15) is 0 Å². The Balaban J connectivity index is 0. The molecule has 0 bridgehead atoms. The monoisotopic (exact) mass is 294 g/mol. The van der Waals surface area contributed by atoms with Gasteiger partial charge in [0, 0.05) is 0 Å². The molecule has 6 heteroatoms. The van der Waals surface area contributed by atoms with Crippen molar-refractivity contribution >= 4 is 91.9 Å². The van der Waals surface area contributed by atoms with E-state index in [1.54, 1.807) is 0 Å². The van der Waals surface area contributed by atoms with Gasteiger partial charge in [0.1, 0.15) is 0 Å². The van der Waals surface area contributed by atoms with Crippen LogP contribution in [0.4, 0.5) is 0 Å². The van der Waals surface area contributed by atoms with Gasteiger partial charge < -0.3 is 0 Å². The van der Waals surface area contributed by atoms with E-state index >= 15 is 0 Å². The van der Waals surface area contributed by atoms with Crippen LogP contribution < -0.4 is 0 Å². The molecular weight excluding hydrogens is 282 g/mol. The van der Waals surface area contributed by atoms with Crippen molar-refractivity contribution in [2.24, 2.45) is 0 Å². The summed E-state index contributed by atoms with van der Waals surface area (Å²) >= 11 is 0. The second-order valence-electron chi connectivity index (χ2n) is 0. The van der Waals surface area contributed by atoms with Gasteiger partial charge in [-0.1, -0.05) is 0 Å². The molecule has 0 aromatic carbocycles. The van der Waals surface area contributed by atoms with Gasteiger partial charge in [-0.25, -0.2) is 0 Å². The standard InChI is InChI=1S/5H2S.Sb.3H/h5*1H2;;;;. The van der Waals surface area contributed by atoms with E-state index in [4.69, 9.17) is 0 Å². The summed E-state index contributed by atoms with van der Waals surface area (Å²) in [7, 11) is 0. The van der Waals surface area contributed by atoms with Gasteiger partial charge in [0.05, 0.1) is 0 Å². The molecule has 0 saturated heterocycles. The molecule has 0 aromatic heterocycles. The maximum atomic E-state index is 0. The van der Waals surface area contributed by atoms with Gasteiger partial charge in [-0.05, 0) is 0 Å². The van der Waals surface area contributed by atoms with Crippen LogP contribution in [0.15, 0.2) is 0 Å². The van der Waals surface area contributed by atoms with Crippen molar-refractivity contribution in [3.63, 3.8) is 0 Å². The van der Waals surface area contributed by atoms with Gasteiger partial charge in [-0.15, -0.1) is 0 Å². The predicted octanol–water partition coefficient (Wildman–Crippen LogP) is -0.620. The van der Waals surface area contributed by atoms with Crippen LogP contribution in [0, 0.1) is 0 Å². The SMILES string of the molecule is S.S.S.S.S.[SbH3]. The Hall–Kier alpha value is 2.57. The summed E-state index contributed by atoms with van der Waals surface area (Å²) < 4.78 is 0. The molecule has 0 amide bonds. The molecule has 0 unspecified atom stereocenters. The molecule has 0 aliphatic heterocycles. The third kappa shape index (κ3) is 30.9. The predicted molar refractivity (Wildman–Crippen MR) is 61.8 cm³/mol. The molecule has 0 spiro atoms. The minimum atomic E-state index is 0. The molecule has 0 heterocycles. The molecule has 0 nitrogen and oxygen atoms in total. The van der Waals surface area contributed by atoms with E-state index in [2.05, 4.69) is 0 Å². The van der Waals surface area contributed by atoms with Gasteiger partial charge in [-0.3, -0.25) is 0 Å². The Bertz CT molecular complexity index is 3.90. The first-order valence-electron chi connectivity index (χ1n) is 0. The topological polar surface area (TPSA) is 0 Å². The van der Waals surface area contributed by atoms with E-state index < -0.39 is 0 Å². The Labute approximate surface area is 90.9 Å². The first-order chi connectivity index (χ1) is 0. The van der Waals surface area contributed by atoms with E-state index in [1.807, 2.05) is 0 Å². The summed E-state index contributed by atoms with van der Waals surface area (Å²) in [6.07, 6.45) is 0. The zero-order valence-corrected chi connectivity index (χ0v) is 12.2. The quantitative estimate of drug-likeness (QED) is 0.523. The Morgan fingerprint density at radius 3 is 0.333 bits per heavy atom. The molecule has 0 rings (SSSR count). The van der Waals surface area contributed by atoms with Gasteiger partial charge >= 0.3 is 24.4 Å². The van der Waals surface area contributed by atoms with Crippen molar-refractivity contribution in [2.45, 2.75) is 0 Å². The van der Waals surface area contributed by atoms with Crippen molar-refractivity contribution in [1.29, 1.82) is 0 Å². The van der Waals surface area contributed by atoms with Crippen molar-refractivity contribution in [3.8, 4) is 0 Å². The van der Waals surface area contributed by atoms with Crippen LogP contribution in [-0.4, -0.2) is 24.4 Å². The Morgan fingerprint density at radius 1 is 0.333 bits per heavy atom. The van der Waals surface area contributed by atoms with E-state index in [-0.39, 0.29) is 91.9 Å². The number of hydrogen-bond donors (Lipinski definition) is 0. The van der Waals surface area contributed by atoms with Gasteiger partial charge in [0.15, 0.2) is 0 Å². The van der Waals surface area contributed by atoms with Crippen LogP contribution in [0.2, 0.25) is 0 Å². The van der Waals surface area contributed by atoms with Crippen molar-refractivity contribution in [1.82, 2.24) is 0 Å². The van der Waals surface area contributed by atoms with Crippen molar-refractivity contribution in [3.05, 3.63) is 0 Å². The first kappa shape index (κ1) is 74.4. The van der Waals surface area contributed by atoms with Gasteiger partial charge in [0.2, 0.25) is 0 Å². The molecule has 0 aliphatic carbocycles. The maximum absolute atomic E-state index is 0. The average molecular weight is 295 g/mol. The molecule has 0 radical (unpaired) electrons. The molecular formula is H13S5Sb. The summed E-state index contributed by atoms with van der Waals surface area (Å²) in [5.41, 5.74) is 0. The fraction of sp³-hybridized carbons (Fsp3) is 0. The van der Waals surface area contributed by atoms with Crippen LogP contribution in [-0.2, 0) is 0 Å². The second kappa shape index (κ2) is 49.5. The number of rotatable bonds is 0. The third-order valence-electron chi connectivity index (χ3n) is 0. The summed E-state index contributed by atoms with van der Waals surface area (Å²) in [6, 6.07) is 0. The molecule has 0 aromatic rings. The van der Waals surface area contributed by atoms with Gasteiger partial charge in [-0.2, -0.15) is 67.5 Å². The Kier molecular flexibility index (Phi) is 614. The second-order valence-corrected chi connectivity index (χ2v) is 0. The normalized spacial score (nSPS) is 0. The molecule has 0 aliphatic rings. The zero-order valence-electron chi connectivity index (χ0n) is 3.21. The molecule has 6 heavy (non-hydrogen) atoms. The zero-order chi connectivity index (χ0) is 0. The fourth-order valence-electron chi connectivity index (χ4n) is 0. The van der Waals surface area contributed by atoms with Gasteiger partial charge in [0.25, 0.3) is 0 Å². The van der Waals surface area contributed by atoms with Crippen molar-refractivity contribution < 1.29 is 0 Å². The van der Waals surface area contributed by atoms with Crippen LogP contribution in [0.3, 0.4) is 0 Å². The van der Waals surface area contributed by atoms with E-state index in [0.717, 1.165) is 0 Å². The summed E-state index contributed by atoms with van der Waals surface area (Å²) in [5, 5.41) is 0. The Morgan fingerprint density at radius 2 is 0.333 bits per heavy atom. The minimum absolute atomic E-state index is 0. The molecule has 48 valence electrons. The van der Waals surface area contributed by atoms with Crippen LogP contribution in [0.1, 0.15) is 0 Å². The van der Waals surface area contributed by atoms with Crippen molar-refractivity contribution in [2.75, 3.05) is 0 Å². The van der Waals surface area contributed by atoms with Crippen LogP contribution in [0.25, 0.3) is 0 Å². The molecule has 0 atom stereocenters. The number of hydrogen-bond acceptors (Lipinski definition) is 0. The average Bonchev–Trinajstić information content (AvgIpc) is 0. The fourth-order valence-corrected chi connectivity index (χ4v) is 0. The third-order valence-corrected chi connectivity index (χ3v) is 0. The van der Waals surface area contributed by atoms with Crippen LogP contribution in [0.5, 0.6) is 0 Å².